The van der Waals surface area contributed by atoms with E-state index in [-0.39, 0.29) is 60.7 Å². The molecule has 1 aromatic carbocycles. The average molecular weight is 860 g/mol. The normalized spacial score (nSPS) is 18.4. The molecule has 0 aliphatic carbocycles. The molecule has 0 unspecified atom stereocenters. The first-order valence-electron chi connectivity index (χ1n) is 22.5. The van der Waals surface area contributed by atoms with Crippen molar-refractivity contribution in [3.05, 3.63) is 35.9 Å². The molecule has 1 aromatic rings. The van der Waals surface area contributed by atoms with Crippen LogP contribution in [-0.2, 0) is 44.6 Å². The molecule has 9 atom stereocenters. The van der Waals surface area contributed by atoms with Gasteiger partial charge in [-0.1, -0.05) is 99.1 Å². The van der Waals surface area contributed by atoms with Gasteiger partial charge in [-0.15, -0.1) is 0 Å². The Labute approximate surface area is 367 Å². The number of carbonyl (C=O) groups excluding carboxylic acids is 4. The lowest BCUT2D eigenvalue weighted by molar-refractivity contribution is -0.149. The summed E-state index contributed by atoms with van der Waals surface area (Å²) < 4.78 is 17.8. The second-order valence-electron chi connectivity index (χ2n) is 18.1. The Morgan fingerprint density at radius 1 is 0.902 bits per heavy atom. The maximum absolute atomic E-state index is 14.6. The third kappa shape index (κ3) is 16.3. The number of ketones is 1. The van der Waals surface area contributed by atoms with Crippen LogP contribution in [0.3, 0.4) is 0 Å². The van der Waals surface area contributed by atoms with E-state index in [4.69, 9.17) is 14.2 Å². The molecule has 0 bridgehead atoms. The molecule has 3 N–H and O–H groups in total. The van der Waals surface area contributed by atoms with Crippen molar-refractivity contribution < 1.29 is 43.3 Å². The topological polar surface area (TPSA) is 167 Å². The lowest BCUT2D eigenvalue weighted by Gasteiger charge is -2.41. The lowest BCUT2D eigenvalue weighted by atomic mass is 9.83. The second kappa shape index (κ2) is 26.9. The van der Waals surface area contributed by atoms with Gasteiger partial charge in [-0.3, -0.25) is 24.1 Å². The van der Waals surface area contributed by atoms with E-state index >= 15 is 0 Å². The Morgan fingerprint density at radius 3 is 2.10 bits per heavy atom. The Morgan fingerprint density at radius 2 is 1.56 bits per heavy atom. The van der Waals surface area contributed by atoms with Gasteiger partial charge in [0.25, 0.3) is 0 Å². The number of amides is 3. The Balaban J connectivity index is 2.23. The smallest absolute Gasteiger partial charge is 0.326 e. The Bertz CT molecular complexity index is 1490. The number of carboxylic acid groups (broad SMARTS) is 1. The van der Waals surface area contributed by atoms with Gasteiger partial charge >= 0.3 is 5.97 Å². The van der Waals surface area contributed by atoms with Gasteiger partial charge in [0.2, 0.25) is 17.7 Å². The van der Waals surface area contributed by atoms with Gasteiger partial charge in [0.05, 0.1) is 55.9 Å². The summed E-state index contributed by atoms with van der Waals surface area (Å²) in [5, 5.41) is 16.0. The standard InChI is InChI=1S/C47H81N5O9/c1-14-33(8)43(51(11)46(56)36(30(2)3)28-39(53)42(31(4)5)50(10)24-26-61-25-22-48-32(6)7)40(59-12)29-41(54)52-23-18-21-38(52)44(60-13)34(9)45(55)49-37(47(57)58)27-35-19-16-15-17-20-35/h15-17,19-20,30-34,36-38,40,42-44,48H,14,18,21-29H2,1-13H3,(H,49,55)(H,57,58)/t33-,34+,36-,37-,38-,40+,42-,43-,44+/m0/s1. The molecule has 0 radical (unpaired) electrons. The summed E-state index contributed by atoms with van der Waals surface area (Å²) in [4.78, 5) is 74.2. The van der Waals surface area contributed by atoms with E-state index in [0.29, 0.717) is 45.2 Å². The highest BCUT2D eigenvalue weighted by Crippen LogP contribution is 2.31. The summed E-state index contributed by atoms with van der Waals surface area (Å²) >= 11 is 0. The first-order valence-corrected chi connectivity index (χ1v) is 22.5. The fourth-order valence-corrected chi connectivity index (χ4v) is 8.86. The van der Waals surface area contributed by atoms with Crippen molar-refractivity contribution >= 4 is 29.5 Å². The fraction of sp³-hybridized carbons (Fsp3) is 0.766. The van der Waals surface area contributed by atoms with Gasteiger partial charge in [-0.25, -0.2) is 4.79 Å². The van der Waals surface area contributed by atoms with Crippen LogP contribution in [0.15, 0.2) is 30.3 Å². The number of aliphatic carboxylic acids is 1. The van der Waals surface area contributed by atoms with Gasteiger partial charge in [0, 0.05) is 65.7 Å². The molecule has 1 aliphatic rings. The van der Waals surface area contributed by atoms with Crippen molar-refractivity contribution in [1.82, 2.24) is 25.3 Å². The van der Waals surface area contributed by atoms with Gasteiger partial charge in [-0.05, 0) is 43.2 Å². The Hall–Kier alpha value is -3.43. The number of benzene rings is 1. The highest BCUT2D eigenvalue weighted by molar-refractivity contribution is 5.90. The zero-order valence-corrected chi connectivity index (χ0v) is 39.6. The largest absolute Gasteiger partial charge is 0.480 e. The summed E-state index contributed by atoms with van der Waals surface area (Å²) in [5.41, 5.74) is 0.786. The number of rotatable bonds is 29. The predicted octanol–water partition coefficient (Wildman–Crippen LogP) is 4.92. The molecule has 3 amide bonds. The lowest BCUT2D eigenvalue weighted by Crippen LogP contribution is -2.55. The minimum absolute atomic E-state index is 0.00407. The third-order valence-electron chi connectivity index (χ3n) is 12.5. The molecule has 14 heteroatoms. The molecule has 61 heavy (non-hydrogen) atoms. The van der Waals surface area contributed by atoms with Gasteiger partial charge in [-0.2, -0.15) is 0 Å². The van der Waals surface area contributed by atoms with Crippen LogP contribution in [0, 0.1) is 29.6 Å². The van der Waals surface area contributed by atoms with Crippen LogP contribution in [0.4, 0.5) is 0 Å². The van der Waals surface area contributed by atoms with E-state index in [1.54, 1.807) is 30.9 Å². The van der Waals surface area contributed by atoms with Crippen LogP contribution in [0.1, 0.15) is 100.0 Å². The number of carbonyl (C=O) groups is 5. The van der Waals surface area contributed by atoms with Crippen molar-refractivity contribution in [3.8, 4) is 0 Å². The average Bonchev–Trinajstić information content (AvgIpc) is 3.70. The fourth-order valence-electron chi connectivity index (χ4n) is 8.86. The van der Waals surface area contributed by atoms with E-state index in [0.717, 1.165) is 18.5 Å². The van der Waals surface area contributed by atoms with E-state index < -0.39 is 54.0 Å². The Kier molecular flexibility index (Phi) is 23.7. The van der Waals surface area contributed by atoms with Crippen LogP contribution >= 0.6 is 0 Å². The monoisotopic (exact) mass is 860 g/mol. The minimum Gasteiger partial charge on any atom is -0.480 e. The number of hydrogen-bond acceptors (Lipinski definition) is 10. The first-order chi connectivity index (χ1) is 28.8. The van der Waals surface area contributed by atoms with Gasteiger partial charge in [0.15, 0.2) is 5.78 Å². The molecule has 1 fully saturated rings. The third-order valence-corrected chi connectivity index (χ3v) is 12.5. The SMILES string of the molecule is CC[C@H](C)[C@@H]([C@@H](CC(=O)N1CCC[C@H]1[C@H](OC)[C@@H](C)C(=O)N[C@@H](Cc1ccccc1)C(=O)O)OC)N(C)C(=O)[C@@H](CC(=O)[C@H](C(C)C)N(C)CCOCCNC(C)C)C(C)C. The molecule has 14 nitrogen and oxygen atoms in total. The minimum atomic E-state index is -1.14. The quantitative estimate of drug-likeness (QED) is 0.0937. The number of hydrogen-bond donors (Lipinski definition) is 3. The molecule has 0 saturated carbocycles. The maximum Gasteiger partial charge on any atom is 0.326 e. The highest BCUT2D eigenvalue weighted by Gasteiger charge is 2.43. The van der Waals surface area contributed by atoms with Crippen molar-refractivity contribution in [2.75, 3.05) is 61.2 Å². The molecule has 348 valence electrons. The van der Waals surface area contributed by atoms with Gasteiger partial charge < -0.3 is 39.8 Å². The second-order valence-corrected chi connectivity index (χ2v) is 18.1. The molecule has 1 aliphatic heterocycles. The van der Waals surface area contributed by atoms with Crippen LogP contribution in [-0.4, -0.2) is 153 Å². The summed E-state index contributed by atoms with van der Waals surface area (Å²) in [6, 6.07) is 7.11. The summed E-state index contributed by atoms with van der Waals surface area (Å²) in [6.07, 6.45) is 0.923. The highest BCUT2D eigenvalue weighted by atomic mass is 16.5. The van der Waals surface area contributed by atoms with Crippen molar-refractivity contribution in [1.29, 1.82) is 0 Å². The number of ether oxygens (including phenoxy) is 3. The number of likely N-dealkylation sites (N-methyl/N-ethyl adjacent to an activating group) is 2. The van der Waals surface area contributed by atoms with Crippen LogP contribution in [0.5, 0.6) is 0 Å². The van der Waals surface area contributed by atoms with Gasteiger partial charge in [0.1, 0.15) is 6.04 Å². The van der Waals surface area contributed by atoms with E-state index in [2.05, 4.69) is 24.5 Å². The maximum atomic E-state index is 14.6. The summed E-state index contributed by atoms with van der Waals surface area (Å²) in [6.45, 7) is 20.9. The van der Waals surface area contributed by atoms with E-state index in [1.807, 2.05) is 83.8 Å². The van der Waals surface area contributed by atoms with Crippen LogP contribution in [0.2, 0.25) is 0 Å². The van der Waals surface area contributed by atoms with Crippen LogP contribution < -0.4 is 10.6 Å². The molecule has 0 aromatic heterocycles. The van der Waals surface area contributed by atoms with Crippen molar-refractivity contribution in [2.24, 2.45) is 29.6 Å². The molecule has 1 heterocycles. The molecular formula is C47H81N5O9. The van der Waals surface area contributed by atoms with E-state index in [1.165, 1.54) is 7.11 Å². The zero-order chi connectivity index (χ0) is 46.0. The number of carboxylic acids is 1. The van der Waals surface area contributed by atoms with E-state index in [9.17, 15) is 29.1 Å². The molecular weight excluding hydrogens is 779 g/mol. The molecule has 1 saturated heterocycles. The van der Waals surface area contributed by atoms with Crippen molar-refractivity contribution in [3.63, 3.8) is 0 Å². The summed E-state index contributed by atoms with van der Waals surface area (Å²) in [5.74, 6) is -3.37. The number of methoxy groups -OCH3 is 2. The van der Waals surface area contributed by atoms with Crippen LogP contribution in [0.25, 0.3) is 0 Å². The molecule has 2 rings (SSSR count). The number of nitrogens with zero attached hydrogens (tertiary/aromatic N) is 3. The predicted molar refractivity (Wildman–Crippen MR) is 239 cm³/mol. The molecule has 0 spiro atoms. The number of likely N-dealkylation sites (tertiary alicyclic amines) is 1. The summed E-state index contributed by atoms with van der Waals surface area (Å²) in [7, 11) is 6.76. The first kappa shape index (κ1) is 53.7. The number of Topliss-reactive ketones (excluding diaryl/α,β-unsaturated/α-hetero) is 1. The van der Waals surface area contributed by atoms with Crippen molar-refractivity contribution in [2.45, 2.75) is 143 Å². The zero-order valence-electron chi connectivity index (χ0n) is 39.6. The number of nitrogens with one attached hydrogen (secondary N) is 2.